The van der Waals surface area contributed by atoms with Crippen LogP contribution in [0.4, 0.5) is 11.5 Å². The van der Waals surface area contributed by atoms with E-state index in [2.05, 4.69) is 46.1 Å². The molecule has 0 aliphatic rings. The summed E-state index contributed by atoms with van der Waals surface area (Å²) in [5, 5.41) is 3.33. The van der Waals surface area contributed by atoms with Crippen LogP contribution in [0.3, 0.4) is 0 Å². The number of aryl methyl sites for hydroxylation is 3. The molecular formula is C15H17BrN2O. The third kappa shape index (κ3) is 3.07. The van der Waals surface area contributed by atoms with E-state index in [1.54, 1.807) is 7.11 Å². The minimum atomic E-state index is 0.811. The monoisotopic (exact) mass is 320 g/mol. The van der Waals surface area contributed by atoms with Crippen LogP contribution < -0.4 is 10.1 Å². The van der Waals surface area contributed by atoms with Crippen molar-refractivity contribution < 1.29 is 4.74 Å². The molecule has 4 heteroatoms. The molecule has 1 aromatic heterocycles. The van der Waals surface area contributed by atoms with Crippen LogP contribution in [-0.4, -0.2) is 12.1 Å². The number of rotatable bonds is 3. The zero-order valence-corrected chi connectivity index (χ0v) is 13.1. The summed E-state index contributed by atoms with van der Waals surface area (Å²) in [4.78, 5) is 4.49. The number of benzene rings is 1. The number of halogens is 1. The van der Waals surface area contributed by atoms with E-state index in [-0.39, 0.29) is 0 Å². The van der Waals surface area contributed by atoms with Crippen LogP contribution >= 0.6 is 15.9 Å². The molecule has 0 atom stereocenters. The van der Waals surface area contributed by atoms with Gasteiger partial charge < -0.3 is 10.1 Å². The molecule has 0 amide bonds. The van der Waals surface area contributed by atoms with E-state index < -0.39 is 0 Å². The first kappa shape index (κ1) is 13.9. The summed E-state index contributed by atoms with van der Waals surface area (Å²) in [6.45, 7) is 6.08. The van der Waals surface area contributed by atoms with Crippen molar-refractivity contribution in [3.05, 3.63) is 45.6 Å². The van der Waals surface area contributed by atoms with Crippen molar-refractivity contribution >= 4 is 27.4 Å². The van der Waals surface area contributed by atoms with Gasteiger partial charge in [0.25, 0.3) is 0 Å². The highest BCUT2D eigenvalue weighted by Gasteiger charge is 2.09. The molecule has 2 rings (SSSR count). The Hall–Kier alpha value is -1.55. The highest BCUT2D eigenvalue weighted by molar-refractivity contribution is 9.10. The van der Waals surface area contributed by atoms with Gasteiger partial charge in [-0.05, 0) is 66.0 Å². The van der Waals surface area contributed by atoms with Crippen LogP contribution in [-0.2, 0) is 0 Å². The largest absolute Gasteiger partial charge is 0.495 e. The number of anilines is 2. The molecular weight excluding hydrogens is 304 g/mol. The van der Waals surface area contributed by atoms with Crippen LogP contribution in [0.5, 0.6) is 5.75 Å². The molecule has 0 unspecified atom stereocenters. The number of nitrogens with one attached hydrogen (secondary N) is 1. The van der Waals surface area contributed by atoms with E-state index in [4.69, 9.17) is 4.74 Å². The van der Waals surface area contributed by atoms with Gasteiger partial charge in [-0.25, -0.2) is 4.98 Å². The van der Waals surface area contributed by atoms with Crippen LogP contribution in [0.2, 0.25) is 0 Å². The normalized spacial score (nSPS) is 10.4. The highest BCUT2D eigenvalue weighted by atomic mass is 79.9. The second-order valence-corrected chi connectivity index (χ2v) is 5.40. The van der Waals surface area contributed by atoms with E-state index in [0.29, 0.717) is 0 Å². The van der Waals surface area contributed by atoms with Crippen molar-refractivity contribution in [3.8, 4) is 5.75 Å². The number of ether oxygens (including phenoxy) is 1. The van der Waals surface area contributed by atoms with Gasteiger partial charge >= 0.3 is 0 Å². The first-order chi connectivity index (χ1) is 9.01. The van der Waals surface area contributed by atoms with Gasteiger partial charge in [0, 0.05) is 4.47 Å². The Kier molecular flexibility index (Phi) is 4.10. The molecule has 0 fully saturated rings. The summed E-state index contributed by atoms with van der Waals surface area (Å²) in [6.07, 6.45) is 0. The van der Waals surface area contributed by atoms with Crippen LogP contribution in [0.1, 0.15) is 16.8 Å². The van der Waals surface area contributed by atoms with Gasteiger partial charge in [0.1, 0.15) is 11.6 Å². The lowest BCUT2D eigenvalue weighted by molar-refractivity contribution is 0.416. The fourth-order valence-electron chi connectivity index (χ4n) is 1.99. The van der Waals surface area contributed by atoms with E-state index in [0.717, 1.165) is 33.0 Å². The summed E-state index contributed by atoms with van der Waals surface area (Å²) in [5.41, 5.74) is 4.23. The standard InChI is InChI=1S/C15H17BrN2O/c1-9-7-10(2)15(13(8-9)19-4)18-14-6-5-12(16)11(3)17-14/h5-8H,1-4H3,(H,17,18). The molecule has 0 saturated carbocycles. The highest BCUT2D eigenvalue weighted by Crippen LogP contribution is 2.32. The van der Waals surface area contributed by atoms with Crippen molar-refractivity contribution in [2.45, 2.75) is 20.8 Å². The number of nitrogens with zero attached hydrogens (tertiary/aromatic N) is 1. The van der Waals surface area contributed by atoms with Gasteiger partial charge in [-0.2, -0.15) is 0 Å². The Balaban J connectivity index is 2.40. The summed E-state index contributed by atoms with van der Waals surface area (Å²) in [6, 6.07) is 8.06. The molecule has 1 N–H and O–H groups in total. The average molecular weight is 321 g/mol. The van der Waals surface area contributed by atoms with Gasteiger partial charge in [0.05, 0.1) is 18.5 Å². The molecule has 2 aromatic rings. The number of pyridine rings is 1. The number of aromatic nitrogens is 1. The maximum Gasteiger partial charge on any atom is 0.142 e. The van der Waals surface area contributed by atoms with Gasteiger partial charge in [-0.3, -0.25) is 0 Å². The predicted octanol–water partition coefficient (Wildman–Crippen LogP) is 4.52. The Morgan fingerprint density at radius 1 is 1.16 bits per heavy atom. The van der Waals surface area contributed by atoms with Crippen molar-refractivity contribution in [2.75, 3.05) is 12.4 Å². The zero-order valence-electron chi connectivity index (χ0n) is 11.5. The topological polar surface area (TPSA) is 34.1 Å². The third-order valence-electron chi connectivity index (χ3n) is 2.94. The molecule has 0 radical (unpaired) electrons. The van der Waals surface area contributed by atoms with Crippen LogP contribution in [0.25, 0.3) is 0 Å². The van der Waals surface area contributed by atoms with Crippen molar-refractivity contribution in [2.24, 2.45) is 0 Å². The van der Waals surface area contributed by atoms with Crippen molar-refractivity contribution in [1.82, 2.24) is 4.98 Å². The van der Waals surface area contributed by atoms with E-state index in [9.17, 15) is 0 Å². The van der Waals surface area contributed by atoms with Gasteiger partial charge in [-0.1, -0.05) is 6.07 Å². The van der Waals surface area contributed by atoms with E-state index in [1.165, 1.54) is 5.56 Å². The Bertz CT molecular complexity index is 611. The SMILES string of the molecule is COc1cc(C)cc(C)c1Nc1ccc(Br)c(C)n1. The summed E-state index contributed by atoms with van der Waals surface area (Å²) in [5.74, 6) is 1.64. The molecule has 3 nitrogen and oxygen atoms in total. The number of hydrogen-bond acceptors (Lipinski definition) is 3. The molecule has 0 saturated heterocycles. The number of hydrogen-bond donors (Lipinski definition) is 1. The fourth-order valence-corrected chi connectivity index (χ4v) is 2.21. The maximum atomic E-state index is 5.43. The molecule has 100 valence electrons. The predicted molar refractivity (Wildman–Crippen MR) is 82.4 cm³/mol. The molecule has 0 aliphatic heterocycles. The number of methoxy groups -OCH3 is 1. The summed E-state index contributed by atoms with van der Waals surface area (Å²) < 4.78 is 6.44. The van der Waals surface area contributed by atoms with E-state index >= 15 is 0 Å². The average Bonchev–Trinajstić information content (AvgIpc) is 2.36. The van der Waals surface area contributed by atoms with Gasteiger partial charge in [0.15, 0.2) is 0 Å². The van der Waals surface area contributed by atoms with Crippen molar-refractivity contribution in [1.29, 1.82) is 0 Å². The molecule has 0 spiro atoms. The lowest BCUT2D eigenvalue weighted by atomic mass is 10.1. The Morgan fingerprint density at radius 3 is 2.53 bits per heavy atom. The minimum Gasteiger partial charge on any atom is -0.495 e. The van der Waals surface area contributed by atoms with E-state index in [1.807, 2.05) is 25.1 Å². The van der Waals surface area contributed by atoms with Crippen molar-refractivity contribution in [3.63, 3.8) is 0 Å². The smallest absolute Gasteiger partial charge is 0.142 e. The second-order valence-electron chi connectivity index (χ2n) is 4.55. The summed E-state index contributed by atoms with van der Waals surface area (Å²) in [7, 11) is 1.68. The molecule has 19 heavy (non-hydrogen) atoms. The quantitative estimate of drug-likeness (QED) is 0.902. The maximum absolute atomic E-state index is 5.43. The summed E-state index contributed by atoms with van der Waals surface area (Å²) >= 11 is 3.45. The third-order valence-corrected chi connectivity index (χ3v) is 3.78. The zero-order chi connectivity index (χ0) is 14.0. The molecule has 0 bridgehead atoms. The van der Waals surface area contributed by atoms with Gasteiger partial charge in [0.2, 0.25) is 0 Å². The Morgan fingerprint density at radius 2 is 1.89 bits per heavy atom. The molecule has 1 heterocycles. The Labute approximate surface area is 122 Å². The lowest BCUT2D eigenvalue weighted by Crippen LogP contribution is -2.00. The fraction of sp³-hybridized carbons (Fsp3) is 0.267. The minimum absolute atomic E-state index is 0.811. The second kappa shape index (κ2) is 5.61. The van der Waals surface area contributed by atoms with Crippen LogP contribution in [0.15, 0.2) is 28.7 Å². The molecule has 0 aliphatic carbocycles. The van der Waals surface area contributed by atoms with Gasteiger partial charge in [-0.15, -0.1) is 0 Å². The first-order valence-corrected chi connectivity index (χ1v) is 6.86. The first-order valence-electron chi connectivity index (χ1n) is 6.06. The van der Waals surface area contributed by atoms with Crippen LogP contribution in [0, 0.1) is 20.8 Å². The molecule has 1 aromatic carbocycles. The lowest BCUT2D eigenvalue weighted by Gasteiger charge is -2.15.